The van der Waals surface area contributed by atoms with E-state index in [-0.39, 0.29) is 18.1 Å². The van der Waals surface area contributed by atoms with Gasteiger partial charge in [-0.25, -0.2) is 0 Å². The van der Waals surface area contributed by atoms with Crippen LogP contribution in [0.3, 0.4) is 0 Å². The number of anilines is 2. The summed E-state index contributed by atoms with van der Waals surface area (Å²) in [6.45, 7) is 3.85. The number of ether oxygens (including phenoxy) is 2. The van der Waals surface area contributed by atoms with Gasteiger partial charge in [0.2, 0.25) is 0 Å². The van der Waals surface area contributed by atoms with Crippen molar-refractivity contribution in [2.45, 2.75) is 12.3 Å². The summed E-state index contributed by atoms with van der Waals surface area (Å²) in [4.78, 5) is 17.0. The fraction of sp³-hybridized carbons (Fsp3) is 0.381. The van der Waals surface area contributed by atoms with E-state index < -0.39 is 0 Å². The molecule has 2 saturated heterocycles. The number of carbonyl (C=O) groups is 1. The summed E-state index contributed by atoms with van der Waals surface area (Å²) in [5, 5.41) is 0. The number of hydrogen-bond acceptors (Lipinski definition) is 7. The largest absolute Gasteiger partial charge is 0.376 e. The van der Waals surface area contributed by atoms with Gasteiger partial charge in [0.25, 0.3) is 0 Å². The van der Waals surface area contributed by atoms with E-state index in [9.17, 15) is 4.79 Å². The molecule has 2 aromatic carbocycles. The molecule has 0 amide bonds. The first-order valence-electron chi connectivity index (χ1n) is 9.58. The molecule has 0 bridgehead atoms. The molecule has 7 nitrogen and oxygen atoms in total. The van der Waals surface area contributed by atoms with E-state index in [2.05, 4.69) is 9.80 Å². The van der Waals surface area contributed by atoms with E-state index in [1.807, 2.05) is 48.5 Å². The Kier molecular flexibility index (Phi) is 5.59. The summed E-state index contributed by atoms with van der Waals surface area (Å²) < 4.78 is 10.7. The molecule has 2 aliphatic heterocycles. The van der Waals surface area contributed by atoms with Gasteiger partial charge in [0, 0.05) is 35.6 Å². The van der Waals surface area contributed by atoms with Crippen LogP contribution in [0.1, 0.15) is 15.9 Å². The quantitative estimate of drug-likeness (QED) is 0.767. The molecule has 4 N–H and O–H groups in total. The van der Waals surface area contributed by atoms with E-state index >= 15 is 0 Å². The van der Waals surface area contributed by atoms with E-state index in [4.69, 9.17) is 20.9 Å². The summed E-state index contributed by atoms with van der Waals surface area (Å²) in [7, 11) is 0. The van der Waals surface area contributed by atoms with Crippen molar-refractivity contribution in [3.8, 4) is 0 Å². The Morgan fingerprint density at radius 2 is 1.14 bits per heavy atom. The Morgan fingerprint density at radius 3 is 1.50 bits per heavy atom. The van der Waals surface area contributed by atoms with Gasteiger partial charge in [-0.05, 0) is 48.5 Å². The average Bonchev–Trinajstić information content (AvgIpc) is 2.74. The number of carbonyl (C=O) groups excluding carboxylic acids is 1. The van der Waals surface area contributed by atoms with Crippen LogP contribution in [0.2, 0.25) is 0 Å². The van der Waals surface area contributed by atoms with Gasteiger partial charge in [-0.1, -0.05) is 0 Å². The van der Waals surface area contributed by atoms with Crippen molar-refractivity contribution in [2.24, 2.45) is 11.5 Å². The van der Waals surface area contributed by atoms with E-state index in [0.717, 1.165) is 24.5 Å². The normalized spacial score (nSPS) is 22.9. The zero-order chi connectivity index (χ0) is 19.5. The Bertz CT molecular complexity index is 742. The number of nitrogens with two attached hydrogens (primary N) is 2. The smallest absolute Gasteiger partial charge is 0.193 e. The molecule has 2 aromatic rings. The van der Waals surface area contributed by atoms with Crippen molar-refractivity contribution >= 4 is 17.2 Å². The topological polar surface area (TPSA) is 94.0 Å². The molecule has 2 heterocycles. The van der Waals surface area contributed by atoms with Gasteiger partial charge in [0.15, 0.2) is 5.78 Å². The van der Waals surface area contributed by atoms with Crippen LogP contribution in [0.4, 0.5) is 11.4 Å². The summed E-state index contributed by atoms with van der Waals surface area (Å²) in [5.41, 5.74) is 15.5. The number of nitrogens with zero attached hydrogens (tertiary/aromatic N) is 2. The maximum atomic E-state index is 12.8. The number of morpholine rings is 2. The molecule has 28 heavy (non-hydrogen) atoms. The van der Waals surface area contributed by atoms with E-state index in [0.29, 0.717) is 37.6 Å². The summed E-state index contributed by atoms with van der Waals surface area (Å²) in [5.74, 6) is -0.00403. The second-order valence-electron chi connectivity index (χ2n) is 7.09. The minimum Gasteiger partial charge on any atom is -0.376 e. The lowest BCUT2D eigenvalue weighted by atomic mass is 10.0. The Labute approximate surface area is 164 Å². The lowest BCUT2D eigenvalue weighted by molar-refractivity contribution is 0.0958. The minimum atomic E-state index is -0.158. The first kappa shape index (κ1) is 18.9. The van der Waals surface area contributed by atoms with Crippen LogP contribution in [0, 0.1) is 0 Å². The molecule has 7 heteroatoms. The van der Waals surface area contributed by atoms with Crippen LogP contribution < -0.4 is 21.3 Å². The van der Waals surface area contributed by atoms with Crippen LogP contribution >= 0.6 is 0 Å². The van der Waals surface area contributed by atoms with Crippen molar-refractivity contribution in [2.75, 3.05) is 49.3 Å². The van der Waals surface area contributed by atoms with Crippen LogP contribution in [0.5, 0.6) is 0 Å². The molecule has 0 aromatic heterocycles. The van der Waals surface area contributed by atoms with Crippen molar-refractivity contribution < 1.29 is 14.3 Å². The van der Waals surface area contributed by atoms with Gasteiger partial charge in [-0.2, -0.15) is 0 Å². The summed E-state index contributed by atoms with van der Waals surface area (Å²) in [6.07, 6.45) is -0.316. The van der Waals surface area contributed by atoms with Crippen LogP contribution in [-0.2, 0) is 9.47 Å². The van der Waals surface area contributed by atoms with Crippen LogP contribution in [-0.4, -0.2) is 57.6 Å². The minimum absolute atomic E-state index is 0.00403. The second kappa shape index (κ2) is 8.28. The molecule has 2 atom stereocenters. The maximum absolute atomic E-state index is 12.8. The standard InChI is InChI=1S/C21H26N4O3/c22-19-13-27-11-9-24(19)17-5-1-15(2-6-17)21(26)16-3-7-18(8-4-16)25-10-12-28-14-20(25)23/h1-8,19-20H,9-14,22-23H2. The van der Waals surface area contributed by atoms with E-state index in [1.165, 1.54) is 0 Å². The van der Waals surface area contributed by atoms with Crippen molar-refractivity contribution in [1.82, 2.24) is 0 Å². The highest BCUT2D eigenvalue weighted by atomic mass is 16.5. The van der Waals surface area contributed by atoms with Crippen molar-refractivity contribution in [3.63, 3.8) is 0 Å². The molecule has 0 radical (unpaired) electrons. The third kappa shape index (κ3) is 3.88. The first-order valence-corrected chi connectivity index (χ1v) is 9.58. The monoisotopic (exact) mass is 382 g/mol. The molecule has 0 aliphatic carbocycles. The number of rotatable bonds is 4. The Balaban J connectivity index is 1.46. The molecular formula is C21H26N4O3. The third-order valence-corrected chi connectivity index (χ3v) is 5.25. The van der Waals surface area contributed by atoms with Gasteiger partial charge in [0.05, 0.1) is 26.4 Å². The highest BCUT2D eigenvalue weighted by Gasteiger charge is 2.21. The highest BCUT2D eigenvalue weighted by Crippen LogP contribution is 2.22. The van der Waals surface area contributed by atoms with Crippen molar-refractivity contribution in [1.29, 1.82) is 0 Å². The zero-order valence-corrected chi connectivity index (χ0v) is 15.8. The first-order chi connectivity index (χ1) is 13.6. The maximum Gasteiger partial charge on any atom is 0.193 e. The Morgan fingerprint density at radius 1 is 0.750 bits per heavy atom. The molecule has 2 fully saturated rings. The summed E-state index contributed by atoms with van der Waals surface area (Å²) >= 11 is 0. The fourth-order valence-corrected chi connectivity index (χ4v) is 3.66. The number of ketones is 1. The van der Waals surface area contributed by atoms with Crippen LogP contribution in [0.25, 0.3) is 0 Å². The molecular weight excluding hydrogens is 356 g/mol. The van der Waals surface area contributed by atoms with Gasteiger partial charge in [-0.15, -0.1) is 0 Å². The summed E-state index contributed by atoms with van der Waals surface area (Å²) in [6, 6.07) is 15.2. The highest BCUT2D eigenvalue weighted by molar-refractivity contribution is 6.09. The SMILES string of the molecule is NC1COCCN1c1ccc(C(=O)c2ccc(N3CCOCC3N)cc2)cc1. The lowest BCUT2D eigenvalue weighted by Gasteiger charge is -2.35. The van der Waals surface area contributed by atoms with Gasteiger partial charge in [0.1, 0.15) is 12.3 Å². The molecule has 2 unspecified atom stereocenters. The van der Waals surface area contributed by atoms with Gasteiger partial charge in [-0.3, -0.25) is 4.79 Å². The average molecular weight is 382 g/mol. The zero-order valence-electron chi connectivity index (χ0n) is 15.8. The third-order valence-electron chi connectivity index (χ3n) is 5.25. The fourth-order valence-electron chi connectivity index (χ4n) is 3.66. The predicted octanol–water partition coefficient (Wildman–Crippen LogP) is 1.16. The molecule has 148 valence electrons. The van der Waals surface area contributed by atoms with Gasteiger partial charge >= 0.3 is 0 Å². The predicted molar refractivity (Wildman–Crippen MR) is 109 cm³/mol. The number of benzene rings is 2. The molecule has 4 rings (SSSR count). The van der Waals surface area contributed by atoms with Crippen LogP contribution in [0.15, 0.2) is 48.5 Å². The molecule has 2 aliphatic rings. The Hall–Kier alpha value is -2.45. The molecule has 0 saturated carbocycles. The number of hydrogen-bond donors (Lipinski definition) is 2. The second-order valence-corrected chi connectivity index (χ2v) is 7.09. The van der Waals surface area contributed by atoms with Gasteiger partial charge < -0.3 is 30.7 Å². The van der Waals surface area contributed by atoms with E-state index in [1.54, 1.807) is 0 Å². The van der Waals surface area contributed by atoms with Crippen molar-refractivity contribution in [3.05, 3.63) is 59.7 Å². The lowest BCUT2D eigenvalue weighted by Crippen LogP contribution is -2.51. The molecule has 0 spiro atoms.